The predicted octanol–water partition coefficient (Wildman–Crippen LogP) is 8.38. The average molecular weight is 496 g/mol. The first kappa shape index (κ1) is 26.4. The zero-order chi connectivity index (χ0) is 26.0. The Morgan fingerprint density at radius 2 is 1.29 bits per heavy atom. The van der Waals surface area contributed by atoms with E-state index in [0.717, 1.165) is 23.8 Å². The van der Waals surface area contributed by atoms with Crippen LogP contribution in [-0.4, -0.2) is 5.60 Å². The summed E-state index contributed by atoms with van der Waals surface area (Å²) in [6.07, 6.45) is -8.84. The lowest BCUT2D eigenvalue weighted by atomic mass is 10.00. The summed E-state index contributed by atoms with van der Waals surface area (Å²) in [6, 6.07) is 14.0. The maximum Gasteiger partial charge on any atom is 0.419 e. The summed E-state index contributed by atoms with van der Waals surface area (Å²) in [7, 11) is 0. The second kappa shape index (κ2) is 9.84. The van der Waals surface area contributed by atoms with Crippen LogP contribution in [0.3, 0.4) is 0 Å². The van der Waals surface area contributed by atoms with Crippen LogP contribution in [0.25, 0.3) is 0 Å². The van der Waals surface area contributed by atoms with Gasteiger partial charge in [-0.3, -0.25) is 0 Å². The van der Waals surface area contributed by atoms with Gasteiger partial charge < -0.3 is 9.47 Å². The molecule has 0 unspecified atom stereocenters. The van der Waals surface area contributed by atoms with Gasteiger partial charge in [-0.05, 0) is 74.7 Å². The second-order valence-corrected chi connectivity index (χ2v) is 9.31. The molecule has 3 aromatic rings. The molecule has 0 bridgehead atoms. The molecule has 188 valence electrons. The van der Waals surface area contributed by atoms with Gasteiger partial charge in [-0.15, -0.1) is 0 Å². The Bertz CT molecular complexity index is 1160. The van der Waals surface area contributed by atoms with Gasteiger partial charge in [0.2, 0.25) is 0 Å². The monoisotopic (exact) mass is 496 g/mol. The zero-order valence-electron chi connectivity index (χ0n) is 19.8. The van der Waals surface area contributed by atoms with Gasteiger partial charge in [-0.25, -0.2) is 0 Å². The summed E-state index contributed by atoms with van der Waals surface area (Å²) in [5, 5.41) is 0. The lowest BCUT2D eigenvalue weighted by molar-refractivity contribution is -0.139. The van der Waals surface area contributed by atoms with Gasteiger partial charge in [-0.2, -0.15) is 26.3 Å². The SMILES string of the molecule is Cc1ccc(OCc2ccc(Cc3cc(C(F)(F)F)ccc3OC(C)(C)C)cc2)c(C(F)(F)F)c1. The number of aryl methyl sites for hydroxylation is 1. The highest BCUT2D eigenvalue weighted by Gasteiger charge is 2.34. The van der Waals surface area contributed by atoms with Gasteiger partial charge in [0.15, 0.2) is 0 Å². The Morgan fingerprint density at radius 3 is 1.86 bits per heavy atom. The van der Waals surface area contributed by atoms with E-state index < -0.39 is 29.1 Å². The molecule has 0 atom stereocenters. The van der Waals surface area contributed by atoms with Crippen LogP contribution in [-0.2, 0) is 25.4 Å². The van der Waals surface area contributed by atoms with Crippen molar-refractivity contribution in [3.8, 4) is 11.5 Å². The van der Waals surface area contributed by atoms with Crippen molar-refractivity contribution in [3.05, 3.63) is 94.0 Å². The molecule has 0 saturated heterocycles. The zero-order valence-corrected chi connectivity index (χ0v) is 19.8. The molecule has 0 aliphatic heterocycles. The molecule has 0 radical (unpaired) electrons. The molecule has 0 aliphatic carbocycles. The van der Waals surface area contributed by atoms with Crippen LogP contribution in [0.15, 0.2) is 60.7 Å². The van der Waals surface area contributed by atoms with Gasteiger partial charge in [0.1, 0.15) is 23.7 Å². The Morgan fingerprint density at radius 1 is 0.686 bits per heavy atom. The molecule has 8 heteroatoms. The van der Waals surface area contributed by atoms with Crippen molar-refractivity contribution < 1.29 is 35.8 Å². The lowest BCUT2D eigenvalue weighted by Gasteiger charge is -2.24. The molecule has 0 spiro atoms. The first-order chi connectivity index (χ1) is 16.1. The highest BCUT2D eigenvalue weighted by molar-refractivity contribution is 5.42. The second-order valence-electron chi connectivity index (χ2n) is 9.31. The van der Waals surface area contributed by atoms with Gasteiger partial charge in [0.25, 0.3) is 0 Å². The van der Waals surface area contributed by atoms with Crippen molar-refractivity contribution in [2.24, 2.45) is 0 Å². The van der Waals surface area contributed by atoms with Crippen LogP contribution < -0.4 is 9.47 Å². The third-order valence-corrected chi connectivity index (χ3v) is 5.06. The Labute approximate surface area is 200 Å². The number of hydrogen-bond donors (Lipinski definition) is 0. The topological polar surface area (TPSA) is 18.5 Å². The first-order valence-corrected chi connectivity index (χ1v) is 10.9. The van der Waals surface area contributed by atoms with E-state index in [9.17, 15) is 26.3 Å². The molecule has 0 heterocycles. The number of alkyl halides is 6. The van der Waals surface area contributed by atoms with Crippen LogP contribution in [0.4, 0.5) is 26.3 Å². The molecule has 0 aromatic heterocycles. The predicted molar refractivity (Wildman–Crippen MR) is 122 cm³/mol. The molecule has 0 saturated carbocycles. The quantitative estimate of drug-likeness (QED) is 0.319. The summed E-state index contributed by atoms with van der Waals surface area (Å²) >= 11 is 0. The first-order valence-electron chi connectivity index (χ1n) is 10.9. The number of benzene rings is 3. The van der Waals surface area contributed by atoms with Gasteiger partial charge in [0.05, 0.1) is 11.1 Å². The lowest BCUT2D eigenvalue weighted by Crippen LogP contribution is -2.24. The van der Waals surface area contributed by atoms with Gasteiger partial charge in [-0.1, -0.05) is 35.9 Å². The Hall–Kier alpha value is -3.16. The highest BCUT2D eigenvalue weighted by Crippen LogP contribution is 2.37. The van der Waals surface area contributed by atoms with E-state index in [1.165, 1.54) is 12.1 Å². The van der Waals surface area contributed by atoms with E-state index in [0.29, 0.717) is 22.4 Å². The largest absolute Gasteiger partial charge is 0.488 e. The van der Waals surface area contributed by atoms with Crippen molar-refractivity contribution in [2.45, 2.75) is 58.7 Å². The maximum atomic E-state index is 13.3. The normalized spacial score (nSPS) is 12.5. The fraction of sp³-hybridized carbons (Fsp3) is 0.333. The van der Waals surface area contributed by atoms with Crippen LogP contribution >= 0.6 is 0 Å². The molecular weight excluding hydrogens is 470 g/mol. The molecule has 3 aromatic carbocycles. The minimum atomic E-state index is -4.54. The third kappa shape index (κ3) is 7.41. The Balaban J connectivity index is 1.78. The fourth-order valence-corrected chi connectivity index (χ4v) is 3.45. The molecule has 0 amide bonds. The van der Waals surface area contributed by atoms with Crippen molar-refractivity contribution >= 4 is 0 Å². The van der Waals surface area contributed by atoms with Crippen LogP contribution in [0.1, 0.15) is 54.2 Å². The number of rotatable bonds is 6. The molecule has 2 nitrogen and oxygen atoms in total. The maximum absolute atomic E-state index is 13.3. The van der Waals surface area contributed by atoms with E-state index in [1.54, 1.807) is 37.3 Å². The van der Waals surface area contributed by atoms with E-state index in [-0.39, 0.29) is 18.8 Å². The standard InChI is InChI=1S/C27H26F6O2/c1-17-5-11-24(22(13-17)27(31,32)33)34-16-19-8-6-18(7-9-19)14-20-15-21(26(28,29)30)10-12-23(20)35-25(2,3)4/h5-13,15H,14,16H2,1-4H3. The molecule has 3 rings (SSSR count). The molecular formula is C27H26F6O2. The summed E-state index contributed by atoms with van der Waals surface area (Å²) < 4.78 is 90.9. The number of halogens is 6. The van der Waals surface area contributed by atoms with E-state index in [4.69, 9.17) is 9.47 Å². The molecule has 0 N–H and O–H groups in total. The van der Waals surface area contributed by atoms with Crippen molar-refractivity contribution in [1.82, 2.24) is 0 Å². The van der Waals surface area contributed by atoms with Gasteiger partial charge in [0, 0.05) is 6.42 Å². The van der Waals surface area contributed by atoms with Crippen LogP contribution in [0.2, 0.25) is 0 Å². The number of ether oxygens (including phenoxy) is 2. The smallest absolute Gasteiger partial charge is 0.419 e. The van der Waals surface area contributed by atoms with Crippen molar-refractivity contribution in [3.63, 3.8) is 0 Å². The number of hydrogen-bond acceptors (Lipinski definition) is 2. The minimum absolute atomic E-state index is 0.0889. The Kier molecular flexibility index (Phi) is 7.43. The van der Waals surface area contributed by atoms with E-state index in [2.05, 4.69) is 0 Å². The minimum Gasteiger partial charge on any atom is -0.488 e. The molecule has 35 heavy (non-hydrogen) atoms. The van der Waals surface area contributed by atoms with E-state index >= 15 is 0 Å². The fourth-order valence-electron chi connectivity index (χ4n) is 3.45. The van der Waals surface area contributed by atoms with Crippen molar-refractivity contribution in [2.75, 3.05) is 0 Å². The third-order valence-electron chi connectivity index (χ3n) is 5.06. The summed E-state index contributed by atoms with van der Waals surface area (Å²) in [4.78, 5) is 0. The van der Waals surface area contributed by atoms with Crippen molar-refractivity contribution in [1.29, 1.82) is 0 Å². The summed E-state index contributed by atoms with van der Waals surface area (Å²) in [5.41, 5.74) is -0.00846. The average Bonchev–Trinajstić information content (AvgIpc) is 2.72. The van der Waals surface area contributed by atoms with E-state index in [1.807, 2.05) is 20.8 Å². The van der Waals surface area contributed by atoms with Gasteiger partial charge >= 0.3 is 12.4 Å². The summed E-state index contributed by atoms with van der Waals surface area (Å²) in [5.74, 6) is 0.0945. The van der Waals surface area contributed by atoms with Crippen LogP contribution in [0.5, 0.6) is 11.5 Å². The summed E-state index contributed by atoms with van der Waals surface area (Å²) in [6.45, 7) is 6.90. The molecule has 0 fully saturated rings. The van der Waals surface area contributed by atoms with Crippen LogP contribution in [0, 0.1) is 6.92 Å². The molecule has 0 aliphatic rings. The highest BCUT2D eigenvalue weighted by atomic mass is 19.4.